The van der Waals surface area contributed by atoms with Crippen molar-refractivity contribution in [1.82, 2.24) is 0 Å². The highest BCUT2D eigenvalue weighted by atomic mass is 35.5. The number of carbonyl (C=O) groups is 1. The molecule has 0 aliphatic heterocycles. The third-order valence-corrected chi connectivity index (χ3v) is 5.72. The molecule has 1 N–H and O–H groups in total. The summed E-state index contributed by atoms with van der Waals surface area (Å²) in [6, 6.07) is 11.9. The molecule has 0 fully saturated rings. The second-order valence-electron chi connectivity index (χ2n) is 6.17. The maximum absolute atomic E-state index is 12.4. The fourth-order valence-electron chi connectivity index (χ4n) is 2.35. The Hall–Kier alpha value is -1.76. The summed E-state index contributed by atoms with van der Waals surface area (Å²) < 4.78 is 25.4. The van der Waals surface area contributed by atoms with Gasteiger partial charge in [-0.25, -0.2) is 8.42 Å². The number of benzene rings is 2. The quantitative estimate of drug-likeness (QED) is 0.754. The lowest BCUT2D eigenvalue weighted by molar-refractivity contribution is -0.114. The summed E-state index contributed by atoms with van der Waals surface area (Å²) in [5.41, 5.74) is 1.83. The van der Waals surface area contributed by atoms with Crippen LogP contribution in [0.3, 0.4) is 0 Å². The predicted octanol–water partition coefficient (Wildman–Crippen LogP) is 4.52. The Balaban J connectivity index is 2.23. The highest BCUT2D eigenvalue weighted by Gasteiger charge is 2.21. The number of nitrogens with zero attached hydrogens (tertiary/aromatic N) is 1. The van der Waals surface area contributed by atoms with Crippen molar-refractivity contribution in [2.24, 2.45) is 0 Å². The van der Waals surface area contributed by atoms with E-state index in [4.69, 9.17) is 23.2 Å². The van der Waals surface area contributed by atoms with Crippen LogP contribution in [-0.4, -0.2) is 27.1 Å². The largest absolute Gasteiger partial charge is 0.323 e. The van der Waals surface area contributed by atoms with Crippen LogP contribution >= 0.6 is 23.2 Å². The summed E-state index contributed by atoms with van der Waals surface area (Å²) in [5.74, 6) is -0.198. The Morgan fingerprint density at radius 3 is 2.27 bits per heavy atom. The van der Waals surface area contributed by atoms with E-state index in [1.54, 1.807) is 30.3 Å². The van der Waals surface area contributed by atoms with Crippen LogP contribution in [0.15, 0.2) is 42.5 Å². The van der Waals surface area contributed by atoms with E-state index in [-0.39, 0.29) is 11.6 Å². The van der Waals surface area contributed by atoms with E-state index >= 15 is 0 Å². The molecule has 0 heterocycles. The molecular weight excluding hydrogens is 395 g/mol. The first-order valence-electron chi connectivity index (χ1n) is 7.91. The van der Waals surface area contributed by atoms with E-state index in [1.807, 2.05) is 26.0 Å². The molecule has 0 aromatic heterocycles. The van der Waals surface area contributed by atoms with Crippen LogP contribution in [0.1, 0.15) is 25.3 Å². The number of sulfonamides is 1. The Morgan fingerprint density at radius 1 is 1.12 bits per heavy atom. The lowest BCUT2D eigenvalue weighted by Gasteiger charge is -2.22. The van der Waals surface area contributed by atoms with Crippen LogP contribution < -0.4 is 9.62 Å². The molecule has 1 amide bonds. The molecule has 0 radical (unpaired) electrons. The predicted molar refractivity (Wildman–Crippen MR) is 108 cm³/mol. The molecule has 0 saturated heterocycles. The highest BCUT2D eigenvalue weighted by Crippen LogP contribution is 2.29. The zero-order valence-electron chi connectivity index (χ0n) is 14.7. The summed E-state index contributed by atoms with van der Waals surface area (Å²) in [5, 5.41) is 3.09. The highest BCUT2D eigenvalue weighted by molar-refractivity contribution is 7.92. The van der Waals surface area contributed by atoms with Crippen molar-refractivity contribution in [3.63, 3.8) is 0 Å². The van der Waals surface area contributed by atoms with Gasteiger partial charge < -0.3 is 5.32 Å². The molecular formula is C18H20Cl2N2O3S. The van der Waals surface area contributed by atoms with Crippen molar-refractivity contribution in [2.75, 3.05) is 22.4 Å². The topological polar surface area (TPSA) is 66.5 Å². The molecule has 26 heavy (non-hydrogen) atoms. The van der Waals surface area contributed by atoms with E-state index in [2.05, 4.69) is 5.32 Å². The number of carbonyl (C=O) groups excluding carboxylic acids is 1. The lowest BCUT2D eigenvalue weighted by Crippen LogP contribution is -2.37. The SMILES string of the molecule is CC(C)c1ccc(N(CC(=O)Nc2cccc(Cl)c2Cl)S(C)(=O)=O)cc1. The van der Waals surface area contributed by atoms with Gasteiger partial charge in [-0.1, -0.05) is 55.2 Å². The van der Waals surface area contributed by atoms with Crippen LogP contribution in [0.25, 0.3) is 0 Å². The summed E-state index contributed by atoms with van der Waals surface area (Å²) in [7, 11) is -3.64. The van der Waals surface area contributed by atoms with Crippen LogP contribution in [0.2, 0.25) is 10.0 Å². The molecule has 140 valence electrons. The van der Waals surface area contributed by atoms with Crippen molar-refractivity contribution in [2.45, 2.75) is 19.8 Å². The zero-order chi connectivity index (χ0) is 19.5. The van der Waals surface area contributed by atoms with Gasteiger partial charge in [-0.3, -0.25) is 9.10 Å². The molecule has 2 rings (SSSR count). The molecule has 0 bridgehead atoms. The van der Waals surface area contributed by atoms with Crippen LogP contribution in [0.4, 0.5) is 11.4 Å². The molecule has 2 aromatic carbocycles. The minimum atomic E-state index is -3.64. The molecule has 5 nitrogen and oxygen atoms in total. The van der Waals surface area contributed by atoms with Crippen molar-refractivity contribution >= 4 is 50.5 Å². The minimum absolute atomic E-state index is 0.203. The van der Waals surface area contributed by atoms with Gasteiger partial charge in [0.25, 0.3) is 0 Å². The van der Waals surface area contributed by atoms with Gasteiger partial charge in [-0.2, -0.15) is 0 Å². The Bertz CT molecular complexity index is 897. The monoisotopic (exact) mass is 414 g/mol. The Morgan fingerprint density at radius 2 is 1.73 bits per heavy atom. The van der Waals surface area contributed by atoms with Crippen molar-refractivity contribution < 1.29 is 13.2 Å². The van der Waals surface area contributed by atoms with Crippen molar-refractivity contribution in [3.8, 4) is 0 Å². The maximum atomic E-state index is 12.4. The van der Waals surface area contributed by atoms with Gasteiger partial charge in [-0.15, -0.1) is 0 Å². The van der Waals surface area contributed by atoms with Crippen LogP contribution in [0, 0.1) is 0 Å². The molecule has 0 aliphatic carbocycles. The van der Waals surface area contributed by atoms with Gasteiger partial charge in [0.15, 0.2) is 0 Å². The van der Waals surface area contributed by atoms with E-state index in [0.717, 1.165) is 16.1 Å². The Kier molecular flexibility index (Phi) is 6.55. The van der Waals surface area contributed by atoms with Gasteiger partial charge in [0.1, 0.15) is 6.54 Å². The average molecular weight is 415 g/mol. The summed E-state index contributed by atoms with van der Waals surface area (Å²) >= 11 is 12.0. The average Bonchev–Trinajstić information content (AvgIpc) is 2.56. The van der Waals surface area contributed by atoms with Gasteiger partial charge in [0.2, 0.25) is 15.9 Å². The van der Waals surface area contributed by atoms with Gasteiger partial charge in [0, 0.05) is 0 Å². The number of halogens is 2. The maximum Gasteiger partial charge on any atom is 0.245 e. The van der Waals surface area contributed by atoms with Gasteiger partial charge >= 0.3 is 0 Å². The second kappa shape index (κ2) is 8.29. The summed E-state index contributed by atoms with van der Waals surface area (Å²) in [6.07, 6.45) is 1.06. The number of anilines is 2. The number of rotatable bonds is 6. The molecule has 8 heteroatoms. The summed E-state index contributed by atoms with van der Waals surface area (Å²) in [4.78, 5) is 12.4. The Labute approximate surface area is 164 Å². The van der Waals surface area contributed by atoms with Crippen LogP contribution in [-0.2, 0) is 14.8 Å². The molecule has 0 spiro atoms. The lowest BCUT2D eigenvalue weighted by atomic mass is 10.0. The minimum Gasteiger partial charge on any atom is -0.323 e. The third kappa shape index (κ3) is 5.13. The van der Waals surface area contributed by atoms with E-state index in [0.29, 0.717) is 22.3 Å². The van der Waals surface area contributed by atoms with Crippen molar-refractivity contribution in [1.29, 1.82) is 0 Å². The smallest absolute Gasteiger partial charge is 0.245 e. The number of hydrogen-bond donors (Lipinski definition) is 1. The first-order chi connectivity index (χ1) is 12.1. The van der Waals surface area contributed by atoms with Gasteiger partial charge in [0.05, 0.1) is 27.7 Å². The summed E-state index contributed by atoms with van der Waals surface area (Å²) in [6.45, 7) is 3.72. The number of nitrogens with one attached hydrogen (secondary N) is 1. The standard InChI is InChI=1S/C18H20Cl2N2O3S/c1-12(2)13-7-9-14(10-8-13)22(26(3,24)25)11-17(23)21-16-6-4-5-15(19)18(16)20/h4-10,12H,11H2,1-3H3,(H,21,23). The second-order valence-corrected chi connectivity index (χ2v) is 8.86. The fourth-order valence-corrected chi connectivity index (χ4v) is 3.55. The van der Waals surface area contributed by atoms with Crippen molar-refractivity contribution in [3.05, 3.63) is 58.1 Å². The zero-order valence-corrected chi connectivity index (χ0v) is 17.0. The number of hydrogen-bond acceptors (Lipinski definition) is 3. The molecule has 0 aliphatic rings. The first-order valence-corrected chi connectivity index (χ1v) is 10.5. The first kappa shape index (κ1) is 20.6. The third-order valence-electron chi connectivity index (χ3n) is 3.76. The van der Waals surface area contributed by atoms with E-state index in [9.17, 15) is 13.2 Å². The van der Waals surface area contributed by atoms with E-state index in [1.165, 1.54) is 0 Å². The van der Waals surface area contributed by atoms with E-state index < -0.39 is 15.9 Å². The van der Waals surface area contributed by atoms with Gasteiger partial charge in [-0.05, 0) is 35.7 Å². The molecule has 0 atom stereocenters. The fraction of sp³-hybridized carbons (Fsp3) is 0.278. The van der Waals surface area contributed by atoms with Crippen LogP contribution in [0.5, 0.6) is 0 Å². The number of amides is 1. The molecule has 2 aromatic rings. The molecule has 0 saturated carbocycles. The normalized spacial score (nSPS) is 11.5. The molecule has 0 unspecified atom stereocenters.